The van der Waals surface area contributed by atoms with Gasteiger partial charge >= 0.3 is 11.9 Å². The maximum atomic E-state index is 13.6. The smallest absolute Gasteiger partial charge is 0.345 e. The number of ether oxygens (including phenoxy) is 4. The molecule has 12 nitrogen and oxygen atoms in total. The Morgan fingerprint density at radius 2 is 1.78 bits per heavy atom. The number of nitrogens with one attached hydrogen (secondary N) is 1. The van der Waals surface area contributed by atoms with Crippen molar-refractivity contribution in [3.05, 3.63) is 98.6 Å². The summed E-state index contributed by atoms with van der Waals surface area (Å²) < 4.78 is 49.8. The minimum atomic E-state index is -4.14. The average molecular weight is 717 g/mol. The fraction of sp³-hybridized carbons (Fsp3) is 0.429. The first-order valence-corrected chi connectivity index (χ1v) is 17.8. The third kappa shape index (κ3) is 10.3. The van der Waals surface area contributed by atoms with Crippen LogP contribution in [0.25, 0.3) is 0 Å². The number of sulfone groups is 1. The molecule has 2 unspecified atom stereocenters. The zero-order valence-electron chi connectivity index (χ0n) is 27.8. The Kier molecular flexibility index (Phi) is 12.9. The average Bonchev–Trinajstić information content (AvgIpc) is 3.05. The topological polar surface area (TPSA) is 160 Å². The third-order valence-electron chi connectivity index (χ3n) is 7.56. The van der Waals surface area contributed by atoms with Gasteiger partial charge in [-0.1, -0.05) is 35.9 Å². The molecular weight excluding hydrogens is 676 g/mol. The lowest BCUT2D eigenvalue weighted by molar-refractivity contribution is -0.385. The minimum Gasteiger partial charge on any atom is -0.462 e. The van der Waals surface area contributed by atoms with E-state index in [4.69, 9.17) is 30.5 Å². The molecule has 0 bridgehead atoms. The number of rotatable bonds is 14. The van der Waals surface area contributed by atoms with Crippen molar-refractivity contribution in [1.29, 1.82) is 0 Å². The predicted molar refractivity (Wildman–Crippen MR) is 181 cm³/mol. The molecule has 3 atom stereocenters. The van der Waals surface area contributed by atoms with Gasteiger partial charge < -0.3 is 24.3 Å². The SMILES string of the molecule is CCOC(=O)c1cc(S(=O)(=O)c2ccc(CCNC(C(=O)OC(C)(C)C)[C@H](OC3CCCCO3)c3cccc(Cl)c3)cc2)ccc1[N+](=O)[O-]. The molecule has 1 aliphatic rings. The fourth-order valence-corrected chi connectivity index (χ4v) is 6.74. The maximum absolute atomic E-state index is 13.6. The van der Waals surface area contributed by atoms with Gasteiger partial charge in [0, 0.05) is 24.2 Å². The van der Waals surface area contributed by atoms with Crippen molar-refractivity contribution < 1.29 is 41.9 Å². The van der Waals surface area contributed by atoms with Crippen LogP contribution in [-0.4, -0.2) is 63.0 Å². The zero-order valence-corrected chi connectivity index (χ0v) is 29.4. The molecule has 0 aromatic heterocycles. The summed E-state index contributed by atoms with van der Waals surface area (Å²) in [6.45, 7) is 7.71. The highest BCUT2D eigenvalue weighted by atomic mass is 35.5. The molecule has 0 aliphatic carbocycles. The molecule has 0 amide bonds. The Hall–Kier alpha value is -3.88. The monoisotopic (exact) mass is 716 g/mol. The molecule has 0 saturated carbocycles. The molecular formula is C35H41ClN2O10S. The first kappa shape index (κ1) is 37.9. The summed E-state index contributed by atoms with van der Waals surface area (Å²) in [4.78, 5) is 36.3. The molecule has 14 heteroatoms. The van der Waals surface area contributed by atoms with Crippen LogP contribution in [0.3, 0.4) is 0 Å². The molecule has 0 radical (unpaired) electrons. The van der Waals surface area contributed by atoms with E-state index in [0.717, 1.165) is 36.6 Å². The summed E-state index contributed by atoms with van der Waals surface area (Å²) >= 11 is 6.33. The fourth-order valence-electron chi connectivity index (χ4n) is 5.25. The van der Waals surface area contributed by atoms with Crippen molar-refractivity contribution in [3.63, 3.8) is 0 Å². The lowest BCUT2D eigenvalue weighted by Crippen LogP contribution is -2.47. The Balaban J connectivity index is 1.54. The number of carbonyl (C=O) groups is 2. The largest absolute Gasteiger partial charge is 0.462 e. The molecule has 49 heavy (non-hydrogen) atoms. The van der Waals surface area contributed by atoms with Gasteiger partial charge in [0.25, 0.3) is 5.69 Å². The van der Waals surface area contributed by atoms with E-state index in [9.17, 15) is 28.1 Å². The van der Waals surface area contributed by atoms with E-state index in [1.165, 1.54) is 19.1 Å². The number of hydrogen-bond acceptors (Lipinski definition) is 11. The summed E-state index contributed by atoms with van der Waals surface area (Å²) in [5, 5.41) is 15.2. The zero-order chi connectivity index (χ0) is 35.8. The van der Waals surface area contributed by atoms with E-state index in [1.54, 1.807) is 51.1 Å². The van der Waals surface area contributed by atoms with Crippen molar-refractivity contribution in [3.8, 4) is 0 Å². The van der Waals surface area contributed by atoms with Crippen LogP contribution in [0.4, 0.5) is 5.69 Å². The highest BCUT2D eigenvalue weighted by Crippen LogP contribution is 2.31. The third-order valence-corrected chi connectivity index (χ3v) is 9.56. The first-order valence-electron chi connectivity index (χ1n) is 16.0. The molecule has 4 rings (SSSR count). The van der Waals surface area contributed by atoms with E-state index in [0.29, 0.717) is 36.6 Å². The summed E-state index contributed by atoms with van der Waals surface area (Å²) in [7, 11) is -4.14. The Morgan fingerprint density at radius 1 is 1.06 bits per heavy atom. The van der Waals surface area contributed by atoms with E-state index in [2.05, 4.69) is 5.32 Å². The molecule has 1 heterocycles. The molecule has 1 N–H and O–H groups in total. The summed E-state index contributed by atoms with van der Waals surface area (Å²) in [6, 6.07) is 15.3. The Morgan fingerprint density at radius 3 is 2.39 bits per heavy atom. The predicted octanol–water partition coefficient (Wildman–Crippen LogP) is 6.38. The van der Waals surface area contributed by atoms with Crippen LogP contribution in [0.2, 0.25) is 5.02 Å². The van der Waals surface area contributed by atoms with Crippen LogP contribution in [0.15, 0.2) is 76.5 Å². The number of nitro benzene ring substituents is 1. The van der Waals surface area contributed by atoms with Gasteiger partial charge in [-0.15, -0.1) is 0 Å². The van der Waals surface area contributed by atoms with Crippen LogP contribution in [0.5, 0.6) is 0 Å². The number of hydrogen-bond donors (Lipinski definition) is 1. The van der Waals surface area contributed by atoms with Gasteiger partial charge in [-0.3, -0.25) is 14.9 Å². The lowest BCUT2D eigenvalue weighted by Gasteiger charge is -2.33. The number of nitro groups is 1. The van der Waals surface area contributed by atoms with E-state index < -0.39 is 62.0 Å². The van der Waals surface area contributed by atoms with Crippen molar-refractivity contribution >= 4 is 39.1 Å². The van der Waals surface area contributed by atoms with Crippen molar-refractivity contribution in [2.75, 3.05) is 19.8 Å². The van der Waals surface area contributed by atoms with Gasteiger partial charge in [-0.2, -0.15) is 0 Å². The second kappa shape index (κ2) is 16.7. The van der Waals surface area contributed by atoms with Crippen LogP contribution in [0, 0.1) is 10.1 Å². The van der Waals surface area contributed by atoms with Crippen LogP contribution < -0.4 is 5.32 Å². The normalized spacial score (nSPS) is 16.4. The summed E-state index contributed by atoms with van der Waals surface area (Å²) in [5.41, 5.74) is -0.332. The van der Waals surface area contributed by atoms with Crippen LogP contribution in [0.1, 0.15) is 74.5 Å². The maximum Gasteiger partial charge on any atom is 0.345 e. The molecule has 264 valence electrons. The van der Waals surface area contributed by atoms with Crippen molar-refractivity contribution in [1.82, 2.24) is 5.32 Å². The van der Waals surface area contributed by atoms with Gasteiger partial charge in [0.2, 0.25) is 9.84 Å². The Labute approximate surface area is 291 Å². The number of benzene rings is 3. The van der Waals surface area contributed by atoms with E-state index >= 15 is 0 Å². The molecule has 1 saturated heterocycles. The van der Waals surface area contributed by atoms with Crippen LogP contribution >= 0.6 is 11.6 Å². The van der Waals surface area contributed by atoms with Gasteiger partial charge in [0.15, 0.2) is 6.29 Å². The lowest BCUT2D eigenvalue weighted by atomic mass is 10.0. The van der Waals surface area contributed by atoms with Crippen molar-refractivity contribution in [2.24, 2.45) is 0 Å². The van der Waals surface area contributed by atoms with Gasteiger partial charge in [-0.25, -0.2) is 13.2 Å². The quantitative estimate of drug-likeness (QED) is 0.112. The second-order valence-electron chi connectivity index (χ2n) is 12.4. The first-order chi connectivity index (χ1) is 23.2. The number of halogens is 1. The van der Waals surface area contributed by atoms with Gasteiger partial charge in [0.05, 0.1) is 21.3 Å². The minimum absolute atomic E-state index is 0.0367. The molecule has 1 fully saturated rings. The summed E-state index contributed by atoms with van der Waals surface area (Å²) in [5.74, 6) is -1.51. The highest BCUT2D eigenvalue weighted by molar-refractivity contribution is 7.91. The van der Waals surface area contributed by atoms with Gasteiger partial charge in [-0.05, 0) is 101 Å². The van der Waals surface area contributed by atoms with Gasteiger partial charge in [0.1, 0.15) is 23.3 Å². The summed E-state index contributed by atoms with van der Waals surface area (Å²) in [6.07, 6.45) is 1.65. The second-order valence-corrected chi connectivity index (χ2v) is 14.8. The molecule has 0 spiro atoms. The van der Waals surface area contributed by atoms with Crippen molar-refractivity contribution in [2.45, 2.75) is 87.2 Å². The number of esters is 2. The molecule has 3 aromatic carbocycles. The Bertz CT molecular complexity index is 1740. The van der Waals surface area contributed by atoms with E-state index in [-0.39, 0.29) is 16.4 Å². The van der Waals surface area contributed by atoms with Crippen LogP contribution in [-0.2, 0) is 40.0 Å². The number of carbonyl (C=O) groups excluding carboxylic acids is 2. The van der Waals surface area contributed by atoms with E-state index in [1.807, 2.05) is 6.07 Å². The number of nitrogens with zero attached hydrogens (tertiary/aromatic N) is 1. The highest BCUT2D eigenvalue weighted by Gasteiger charge is 2.36. The molecule has 1 aliphatic heterocycles. The molecule has 3 aromatic rings. The standard InChI is InChI=1S/C35H41ClN2O10S/c1-5-45-33(39)28-22-27(16-17-29(28)38(41)42)49(43,44)26-14-12-23(13-15-26)18-19-37-31(34(40)48-35(2,3)4)32(24-9-8-10-25(36)21-24)47-30-11-6-7-20-46-30/h8-10,12-17,21-22,30-32,37H,5-7,11,18-20H2,1-4H3/t30?,31?,32-/m1/s1.